The fourth-order valence-electron chi connectivity index (χ4n) is 2.08. The van der Waals surface area contributed by atoms with Crippen molar-refractivity contribution in [2.24, 2.45) is 5.92 Å². The minimum Gasteiger partial charge on any atom is -0.316 e. The third-order valence-electron chi connectivity index (χ3n) is 3.21. The maximum absolute atomic E-state index is 3.65. The summed E-state index contributed by atoms with van der Waals surface area (Å²) in [5.41, 5.74) is 0.278. The lowest BCUT2D eigenvalue weighted by Crippen LogP contribution is -2.35. The highest BCUT2D eigenvalue weighted by Crippen LogP contribution is 2.27. The molecule has 0 bridgehead atoms. The summed E-state index contributed by atoms with van der Waals surface area (Å²) in [6.45, 7) is 6.95. The van der Waals surface area contributed by atoms with Crippen molar-refractivity contribution < 1.29 is 0 Å². The lowest BCUT2D eigenvalue weighted by Gasteiger charge is -2.24. The van der Waals surface area contributed by atoms with E-state index in [1.165, 1.54) is 29.3 Å². The van der Waals surface area contributed by atoms with Crippen LogP contribution in [0.15, 0.2) is 17.5 Å². The summed E-state index contributed by atoms with van der Waals surface area (Å²) in [7, 11) is 0. The average Bonchev–Trinajstić information content (AvgIpc) is 2.90. The topological polar surface area (TPSA) is 12.0 Å². The van der Waals surface area contributed by atoms with Crippen molar-refractivity contribution in [2.75, 3.05) is 24.6 Å². The van der Waals surface area contributed by atoms with Crippen molar-refractivity contribution in [3.8, 4) is 0 Å². The Bertz CT molecular complexity index is 300. The summed E-state index contributed by atoms with van der Waals surface area (Å²) in [5, 5.41) is 5.82. The van der Waals surface area contributed by atoms with Crippen molar-refractivity contribution in [3.05, 3.63) is 22.4 Å². The van der Waals surface area contributed by atoms with Crippen LogP contribution in [0.1, 0.15) is 25.1 Å². The van der Waals surface area contributed by atoms with Crippen LogP contribution in [0.3, 0.4) is 0 Å². The fraction of sp³-hybridized carbons (Fsp3) is 0.692. The first kappa shape index (κ1) is 12.5. The van der Waals surface area contributed by atoms with Crippen LogP contribution < -0.4 is 5.32 Å². The molecule has 1 aliphatic rings. The third kappa shape index (κ3) is 3.25. The van der Waals surface area contributed by atoms with Crippen LogP contribution >= 0.6 is 23.1 Å². The molecule has 1 fully saturated rings. The first-order chi connectivity index (χ1) is 7.68. The van der Waals surface area contributed by atoms with Gasteiger partial charge in [-0.25, -0.2) is 0 Å². The minimum atomic E-state index is 0.278. The van der Waals surface area contributed by atoms with E-state index in [1.54, 1.807) is 0 Å². The minimum absolute atomic E-state index is 0.278. The molecule has 2 heterocycles. The highest BCUT2D eigenvalue weighted by atomic mass is 32.2. The van der Waals surface area contributed by atoms with Gasteiger partial charge in [0.25, 0.3) is 0 Å². The lowest BCUT2D eigenvalue weighted by atomic mass is 9.91. The molecule has 1 aromatic heterocycles. The Morgan fingerprint density at radius 1 is 1.50 bits per heavy atom. The number of hydrogen-bond donors (Lipinski definition) is 1. The molecular formula is C13H21NS2. The lowest BCUT2D eigenvalue weighted by molar-refractivity contribution is 0.440. The molecule has 1 atom stereocenters. The number of nitrogens with one attached hydrogen (secondary N) is 1. The summed E-state index contributed by atoms with van der Waals surface area (Å²) in [6, 6.07) is 4.40. The Balaban J connectivity index is 1.76. The van der Waals surface area contributed by atoms with Crippen LogP contribution in [0.2, 0.25) is 0 Å². The van der Waals surface area contributed by atoms with Gasteiger partial charge in [-0.3, -0.25) is 0 Å². The normalized spacial score (nSPS) is 21.5. The van der Waals surface area contributed by atoms with Gasteiger partial charge in [-0.15, -0.1) is 11.3 Å². The second-order valence-electron chi connectivity index (χ2n) is 5.22. The molecule has 1 aliphatic heterocycles. The highest BCUT2D eigenvalue weighted by molar-refractivity contribution is 7.99. The van der Waals surface area contributed by atoms with Gasteiger partial charge in [0.2, 0.25) is 0 Å². The van der Waals surface area contributed by atoms with Crippen LogP contribution in [0.5, 0.6) is 0 Å². The van der Waals surface area contributed by atoms with E-state index < -0.39 is 0 Å². The number of thiophene rings is 1. The smallest absolute Gasteiger partial charge is 0.0115 e. The molecular weight excluding hydrogens is 234 g/mol. The molecule has 0 radical (unpaired) electrons. The number of hydrogen-bond acceptors (Lipinski definition) is 3. The van der Waals surface area contributed by atoms with Gasteiger partial charge in [-0.1, -0.05) is 19.9 Å². The SMILES string of the molecule is CC(C)(CNCC1CCSC1)c1cccs1. The molecule has 1 saturated heterocycles. The van der Waals surface area contributed by atoms with Gasteiger partial charge in [0.05, 0.1) is 0 Å². The fourth-order valence-corrected chi connectivity index (χ4v) is 4.22. The van der Waals surface area contributed by atoms with Gasteiger partial charge in [-0.2, -0.15) is 11.8 Å². The summed E-state index contributed by atoms with van der Waals surface area (Å²) in [5.74, 6) is 3.62. The second-order valence-corrected chi connectivity index (χ2v) is 7.32. The van der Waals surface area contributed by atoms with E-state index in [9.17, 15) is 0 Å². The monoisotopic (exact) mass is 255 g/mol. The summed E-state index contributed by atoms with van der Waals surface area (Å²) >= 11 is 3.97. The molecule has 0 aromatic carbocycles. The maximum atomic E-state index is 3.65. The van der Waals surface area contributed by atoms with Crippen LogP contribution in [-0.4, -0.2) is 24.6 Å². The van der Waals surface area contributed by atoms with Crippen molar-refractivity contribution in [2.45, 2.75) is 25.7 Å². The summed E-state index contributed by atoms with van der Waals surface area (Å²) < 4.78 is 0. The van der Waals surface area contributed by atoms with Crippen LogP contribution in [0, 0.1) is 5.92 Å². The van der Waals surface area contributed by atoms with Gasteiger partial charge in [0.1, 0.15) is 0 Å². The second kappa shape index (κ2) is 5.56. The maximum Gasteiger partial charge on any atom is 0.0115 e. The molecule has 0 spiro atoms. The molecule has 90 valence electrons. The summed E-state index contributed by atoms with van der Waals surface area (Å²) in [6.07, 6.45) is 1.40. The molecule has 0 aliphatic carbocycles. The zero-order chi connectivity index (χ0) is 11.4. The van der Waals surface area contributed by atoms with Gasteiger partial charge in [0, 0.05) is 16.8 Å². The zero-order valence-electron chi connectivity index (χ0n) is 10.2. The Labute approximate surface area is 107 Å². The molecule has 16 heavy (non-hydrogen) atoms. The van der Waals surface area contributed by atoms with Gasteiger partial charge >= 0.3 is 0 Å². The Morgan fingerprint density at radius 2 is 2.38 bits per heavy atom. The Morgan fingerprint density at radius 3 is 3.00 bits per heavy atom. The van der Waals surface area contributed by atoms with E-state index >= 15 is 0 Å². The van der Waals surface area contributed by atoms with Crippen molar-refractivity contribution >= 4 is 23.1 Å². The van der Waals surface area contributed by atoms with E-state index in [0.717, 1.165) is 12.5 Å². The number of rotatable bonds is 5. The van der Waals surface area contributed by atoms with E-state index in [2.05, 4.69) is 48.4 Å². The third-order valence-corrected chi connectivity index (χ3v) is 5.68. The zero-order valence-corrected chi connectivity index (χ0v) is 11.8. The summed E-state index contributed by atoms with van der Waals surface area (Å²) in [4.78, 5) is 1.49. The molecule has 3 heteroatoms. The van der Waals surface area contributed by atoms with Gasteiger partial charge < -0.3 is 5.32 Å². The van der Waals surface area contributed by atoms with E-state index in [1.807, 2.05) is 11.3 Å². The molecule has 1 nitrogen and oxygen atoms in total. The molecule has 1 unspecified atom stereocenters. The van der Waals surface area contributed by atoms with E-state index in [-0.39, 0.29) is 5.41 Å². The standard InChI is InChI=1S/C13H21NS2/c1-13(2,12-4-3-6-16-12)10-14-8-11-5-7-15-9-11/h3-4,6,11,14H,5,7-10H2,1-2H3. The van der Waals surface area contributed by atoms with Gasteiger partial charge in [-0.05, 0) is 41.8 Å². The largest absolute Gasteiger partial charge is 0.316 e. The first-order valence-corrected chi connectivity index (χ1v) is 8.04. The molecule has 0 saturated carbocycles. The molecule has 0 amide bonds. The van der Waals surface area contributed by atoms with Crippen molar-refractivity contribution in [3.63, 3.8) is 0 Å². The quantitative estimate of drug-likeness (QED) is 0.866. The predicted octanol–water partition coefficient (Wildman–Crippen LogP) is 3.37. The van der Waals surface area contributed by atoms with Crippen LogP contribution in [0.25, 0.3) is 0 Å². The van der Waals surface area contributed by atoms with Crippen LogP contribution in [-0.2, 0) is 5.41 Å². The number of thioether (sulfide) groups is 1. The van der Waals surface area contributed by atoms with Crippen LogP contribution in [0.4, 0.5) is 0 Å². The van der Waals surface area contributed by atoms with Crippen molar-refractivity contribution in [1.82, 2.24) is 5.32 Å². The molecule has 1 aromatic rings. The van der Waals surface area contributed by atoms with E-state index in [4.69, 9.17) is 0 Å². The first-order valence-electron chi connectivity index (χ1n) is 6.01. The molecule has 1 N–H and O–H groups in total. The Kier molecular flexibility index (Phi) is 4.34. The van der Waals surface area contributed by atoms with E-state index in [0.29, 0.717) is 0 Å². The predicted molar refractivity (Wildman–Crippen MR) is 75.6 cm³/mol. The highest BCUT2D eigenvalue weighted by Gasteiger charge is 2.22. The average molecular weight is 255 g/mol. The Hall–Kier alpha value is 0.01000. The van der Waals surface area contributed by atoms with Gasteiger partial charge in [0.15, 0.2) is 0 Å². The van der Waals surface area contributed by atoms with Crippen molar-refractivity contribution in [1.29, 1.82) is 0 Å². The molecule has 2 rings (SSSR count).